The first-order chi connectivity index (χ1) is 11.2. The van der Waals surface area contributed by atoms with Gasteiger partial charge in [-0.15, -0.1) is 0 Å². The number of para-hydroxylation sites is 1. The van der Waals surface area contributed by atoms with Crippen LogP contribution in [-0.2, 0) is 6.54 Å². The Labute approximate surface area is 135 Å². The van der Waals surface area contributed by atoms with E-state index < -0.39 is 0 Å². The lowest BCUT2D eigenvalue weighted by atomic mass is 10.2. The van der Waals surface area contributed by atoms with Crippen molar-refractivity contribution in [2.45, 2.75) is 19.4 Å². The molecule has 5 nitrogen and oxygen atoms in total. The van der Waals surface area contributed by atoms with E-state index in [4.69, 9.17) is 0 Å². The second-order valence-electron chi connectivity index (χ2n) is 6.51. The lowest BCUT2D eigenvalue weighted by molar-refractivity contribution is 0.337. The summed E-state index contributed by atoms with van der Waals surface area (Å²) in [4.78, 5) is 21.4. The van der Waals surface area contributed by atoms with Crippen LogP contribution >= 0.6 is 0 Å². The topological polar surface area (TPSA) is 41.4 Å². The van der Waals surface area contributed by atoms with Gasteiger partial charge in [-0.25, -0.2) is 0 Å². The van der Waals surface area contributed by atoms with E-state index in [0.717, 1.165) is 50.5 Å². The van der Waals surface area contributed by atoms with E-state index in [1.165, 1.54) is 12.0 Å². The fourth-order valence-electron chi connectivity index (χ4n) is 3.57. The monoisotopic (exact) mass is 310 g/mol. The van der Waals surface area contributed by atoms with Gasteiger partial charge in [0.1, 0.15) is 5.82 Å². The first-order valence-corrected chi connectivity index (χ1v) is 8.35. The van der Waals surface area contributed by atoms with Crippen molar-refractivity contribution in [2.75, 3.05) is 33.2 Å². The summed E-state index contributed by atoms with van der Waals surface area (Å²) in [5.41, 5.74) is 2.08. The van der Waals surface area contributed by atoms with Gasteiger partial charge in [0.2, 0.25) is 0 Å². The lowest BCUT2D eigenvalue weighted by Crippen LogP contribution is -2.25. The average molecular weight is 310 g/mol. The SMILES string of the molecule is CN1CCCN(/C=C2\CCn3c2nc(=O)c2ccccc23)CC1. The Bertz CT molecular complexity index is 823. The number of hydrogen-bond acceptors (Lipinski definition) is 4. The van der Waals surface area contributed by atoms with Gasteiger partial charge >= 0.3 is 0 Å². The summed E-state index contributed by atoms with van der Waals surface area (Å²) in [5, 5.41) is 0.717. The van der Waals surface area contributed by atoms with Crippen molar-refractivity contribution in [1.29, 1.82) is 0 Å². The molecular formula is C18H22N4O. The van der Waals surface area contributed by atoms with Crippen LogP contribution in [-0.4, -0.2) is 52.6 Å². The molecule has 0 radical (unpaired) electrons. The summed E-state index contributed by atoms with van der Waals surface area (Å²) in [6, 6.07) is 7.77. The number of allylic oxidation sites excluding steroid dienone is 1. The Balaban J connectivity index is 1.73. The second kappa shape index (κ2) is 5.81. The molecular weight excluding hydrogens is 288 g/mol. The molecule has 3 heterocycles. The van der Waals surface area contributed by atoms with Gasteiger partial charge in [0, 0.05) is 38.0 Å². The first-order valence-electron chi connectivity index (χ1n) is 8.35. The van der Waals surface area contributed by atoms with Crippen molar-refractivity contribution < 1.29 is 0 Å². The largest absolute Gasteiger partial charge is 0.376 e. The minimum absolute atomic E-state index is 0.116. The highest BCUT2D eigenvalue weighted by Gasteiger charge is 2.21. The summed E-state index contributed by atoms with van der Waals surface area (Å²) in [6.45, 7) is 5.26. The van der Waals surface area contributed by atoms with Crippen LogP contribution in [0.15, 0.2) is 35.3 Å². The zero-order valence-corrected chi connectivity index (χ0v) is 13.5. The van der Waals surface area contributed by atoms with E-state index in [0.29, 0.717) is 5.39 Å². The molecule has 5 heteroatoms. The summed E-state index contributed by atoms with van der Waals surface area (Å²) >= 11 is 0. The van der Waals surface area contributed by atoms with E-state index in [9.17, 15) is 4.79 Å². The van der Waals surface area contributed by atoms with Crippen LogP contribution in [0.3, 0.4) is 0 Å². The molecule has 0 unspecified atom stereocenters. The maximum absolute atomic E-state index is 12.3. The molecule has 0 bridgehead atoms. The molecule has 4 rings (SSSR count). The number of fused-ring (bicyclic) bond motifs is 3. The fourth-order valence-corrected chi connectivity index (χ4v) is 3.57. The van der Waals surface area contributed by atoms with Gasteiger partial charge in [0.25, 0.3) is 5.56 Å². The standard InChI is InChI=1S/C18H22N4O/c1-20-8-4-9-21(12-11-20)13-14-7-10-22-16-6-3-2-5-15(16)18(23)19-17(14)22/h2-3,5-6,13H,4,7-12H2,1H3/b14-13+. The fraction of sp³-hybridized carbons (Fsp3) is 0.444. The zero-order valence-electron chi connectivity index (χ0n) is 13.5. The number of benzene rings is 1. The van der Waals surface area contributed by atoms with Crippen LogP contribution in [0.2, 0.25) is 0 Å². The molecule has 1 aromatic heterocycles. The van der Waals surface area contributed by atoms with Crippen LogP contribution in [0.25, 0.3) is 16.5 Å². The summed E-state index contributed by atoms with van der Waals surface area (Å²) in [5.74, 6) is 0.853. The molecule has 0 saturated carbocycles. The zero-order chi connectivity index (χ0) is 15.8. The smallest absolute Gasteiger partial charge is 0.281 e. The number of likely N-dealkylation sites (N-methyl/N-ethyl adjacent to an activating group) is 1. The third-order valence-corrected chi connectivity index (χ3v) is 4.87. The Morgan fingerprint density at radius 1 is 1.09 bits per heavy atom. The van der Waals surface area contributed by atoms with Crippen LogP contribution in [0.4, 0.5) is 0 Å². The molecule has 0 atom stereocenters. The number of rotatable bonds is 1. The maximum Gasteiger partial charge on any atom is 0.281 e. The molecule has 0 aliphatic carbocycles. The van der Waals surface area contributed by atoms with Crippen molar-refractivity contribution in [3.63, 3.8) is 0 Å². The van der Waals surface area contributed by atoms with Crippen molar-refractivity contribution in [3.05, 3.63) is 46.6 Å². The molecule has 1 saturated heterocycles. The van der Waals surface area contributed by atoms with Crippen LogP contribution < -0.4 is 5.56 Å². The minimum atomic E-state index is -0.116. The van der Waals surface area contributed by atoms with Gasteiger partial charge in [-0.1, -0.05) is 12.1 Å². The van der Waals surface area contributed by atoms with Gasteiger partial charge in [-0.2, -0.15) is 4.98 Å². The first kappa shape index (κ1) is 14.5. The molecule has 23 heavy (non-hydrogen) atoms. The maximum atomic E-state index is 12.3. The summed E-state index contributed by atoms with van der Waals surface area (Å²) < 4.78 is 2.19. The van der Waals surface area contributed by atoms with E-state index in [1.807, 2.05) is 24.3 Å². The van der Waals surface area contributed by atoms with E-state index in [1.54, 1.807) is 0 Å². The molecule has 0 spiro atoms. The van der Waals surface area contributed by atoms with Gasteiger partial charge in [-0.05, 0) is 38.6 Å². The van der Waals surface area contributed by atoms with Crippen LogP contribution in [0.5, 0.6) is 0 Å². The lowest BCUT2D eigenvalue weighted by Gasteiger charge is -2.19. The molecule has 2 aliphatic heterocycles. The summed E-state index contributed by atoms with van der Waals surface area (Å²) in [6.07, 6.45) is 4.37. The van der Waals surface area contributed by atoms with Crippen molar-refractivity contribution >= 4 is 16.5 Å². The van der Waals surface area contributed by atoms with Crippen molar-refractivity contribution in [3.8, 4) is 0 Å². The quantitative estimate of drug-likeness (QED) is 0.805. The number of aromatic nitrogens is 2. The molecule has 2 aromatic rings. The van der Waals surface area contributed by atoms with Gasteiger partial charge in [0.05, 0.1) is 10.9 Å². The summed E-state index contributed by atoms with van der Waals surface area (Å²) in [7, 11) is 2.18. The van der Waals surface area contributed by atoms with Crippen LogP contribution in [0, 0.1) is 0 Å². The predicted molar refractivity (Wildman–Crippen MR) is 92.3 cm³/mol. The van der Waals surface area contributed by atoms with Gasteiger partial charge in [-0.3, -0.25) is 4.79 Å². The highest BCUT2D eigenvalue weighted by Crippen LogP contribution is 2.28. The molecule has 0 amide bonds. The van der Waals surface area contributed by atoms with Crippen molar-refractivity contribution in [1.82, 2.24) is 19.4 Å². The number of aryl methyl sites for hydroxylation is 1. The molecule has 120 valence electrons. The second-order valence-corrected chi connectivity index (χ2v) is 6.51. The molecule has 0 N–H and O–H groups in total. The third kappa shape index (κ3) is 2.65. The van der Waals surface area contributed by atoms with E-state index in [-0.39, 0.29) is 5.56 Å². The highest BCUT2D eigenvalue weighted by molar-refractivity contribution is 5.81. The predicted octanol–water partition coefficient (Wildman–Crippen LogP) is 1.78. The Hall–Kier alpha value is -2.14. The molecule has 1 fully saturated rings. The van der Waals surface area contributed by atoms with Gasteiger partial charge < -0.3 is 14.4 Å². The van der Waals surface area contributed by atoms with Crippen LogP contribution in [0.1, 0.15) is 18.7 Å². The number of nitrogens with zero attached hydrogens (tertiary/aromatic N) is 4. The normalized spacial score (nSPS) is 20.9. The molecule has 2 aliphatic rings. The van der Waals surface area contributed by atoms with Gasteiger partial charge in [0.15, 0.2) is 0 Å². The Kier molecular flexibility index (Phi) is 3.65. The average Bonchev–Trinajstić information content (AvgIpc) is 2.83. The minimum Gasteiger partial charge on any atom is -0.376 e. The Morgan fingerprint density at radius 3 is 2.87 bits per heavy atom. The third-order valence-electron chi connectivity index (χ3n) is 4.87. The molecule has 1 aromatic carbocycles. The Morgan fingerprint density at radius 2 is 1.96 bits per heavy atom. The van der Waals surface area contributed by atoms with E-state index >= 15 is 0 Å². The van der Waals surface area contributed by atoms with Crippen molar-refractivity contribution in [2.24, 2.45) is 0 Å². The van der Waals surface area contributed by atoms with E-state index in [2.05, 4.69) is 32.6 Å². The number of hydrogen-bond donors (Lipinski definition) is 0. The highest BCUT2D eigenvalue weighted by atomic mass is 16.1.